The van der Waals surface area contributed by atoms with Gasteiger partial charge in [-0.2, -0.15) is 0 Å². The molecule has 0 radical (unpaired) electrons. The molecule has 0 rings (SSSR count). The Labute approximate surface area is 41.5 Å². The van der Waals surface area contributed by atoms with Crippen LogP contribution < -0.4 is 0 Å². The molecule has 0 spiro atoms. The Balaban J connectivity index is 2.81. The third kappa shape index (κ3) is 4.12. The molecule has 0 saturated heterocycles. The Kier molecular flexibility index (Phi) is 4.22. The summed E-state index contributed by atoms with van der Waals surface area (Å²) in [6, 6.07) is 0. The Morgan fingerprint density at radius 3 is 2.40 bits per heavy atom. The van der Waals surface area contributed by atoms with Crippen LogP contribution in [0.3, 0.4) is 0 Å². The van der Waals surface area contributed by atoms with E-state index in [1.807, 2.05) is 6.92 Å². The standard InChI is InChI=1S/C4H7As/c1-2-3-4-5/h2,5H2,1H3. The summed E-state index contributed by atoms with van der Waals surface area (Å²) in [4.78, 5) is 0. The van der Waals surface area contributed by atoms with Gasteiger partial charge in [-0.25, -0.2) is 0 Å². The van der Waals surface area contributed by atoms with Gasteiger partial charge in [0.2, 0.25) is 0 Å². The quantitative estimate of drug-likeness (QED) is 0.319. The van der Waals surface area contributed by atoms with Crippen LogP contribution in [0.15, 0.2) is 0 Å². The molecule has 0 heterocycles. The Morgan fingerprint density at radius 2 is 2.40 bits per heavy atom. The zero-order valence-electron chi connectivity index (χ0n) is 3.28. The van der Waals surface area contributed by atoms with E-state index in [1.54, 1.807) is 0 Å². The Morgan fingerprint density at radius 1 is 1.80 bits per heavy atom. The van der Waals surface area contributed by atoms with Crippen LogP contribution in [-0.4, -0.2) is 16.9 Å². The number of hydrogen-bond acceptors (Lipinski definition) is 0. The van der Waals surface area contributed by atoms with Crippen molar-refractivity contribution in [3.63, 3.8) is 0 Å². The van der Waals surface area contributed by atoms with Gasteiger partial charge >= 0.3 is 40.8 Å². The maximum absolute atomic E-state index is 2.89. The zero-order chi connectivity index (χ0) is 4.12. The van der Waals surface area contributed by atoms with Crippen LogP contribution in [0, 0.1) is 10.6 Å². The van der Waals surface area contributed by atoms with Gasteiger partial charge in [0.05, 0.1) is 0 Å². The minimum absolute atomic E-state index is 0.998. The summed E-state index contributed by atoms with van der Waals surface area (Å²) in [6.45, 7) is 2.05. The van der Waals surface area contributed by atoms with Crippen molar-refractivity contribution in [1.82, 2.24) is 0 Å². The van der Waals surface area contributed by atoms with Crippen molar-refractivity contribution in [2.75, 3.05) is 0 Å². The first kappa shape index (κ1) is 5.12. The molecule has 0 N–H and O–H groups in total. The van der Waals surface area contributed by atoms with E-state index >= 15 is 0 Å². The fourth-order valence-corrected chi connectivity index (χ4v) is 0.530. The molecule has 0 aliphatic carbocycles. The van der Waals surface area contributed by atoms with Crippen LogP contribution in [0.5, 0.6) is 0 Å². The third-order valence-corrected chi connectivity index (χ3v) is 0.707. The van der Waals surface area contributed by atoms with Crippen molar-refractivity contribution in [3.05, 3.63) is 0 Å². The molecular weight excluding hydrogens is 123 g/mol. The van der Waals surface area contributed by atoms with Crippen LogP contribution in [0.25, 0.3) is 0 Å². The molecule has 0 nitrogen and oxygen atoms in total. The van der Waals surface area contributed by atoms with Crippen molar-refractivity contribution >= 4 is 16.9 Å². The zero-order valence-corrected chi connectivity index (χ0v) is 5.71. The molecule has 0 aliphatic heterocycles. The van der Waals surface area contributed by atoms with Crippen LogP contribution in [-0.2, 0) is 0 Å². The van der Waals surface area contributed by atoms with Gasteiger partial charge in [-0.3, -0.25) is 0 Å². The average Bonchev–Trinajstić information content (AvgIpc) is 1.41. The predicted molar refractivity (Wildman–Crippen MR) is 26.6 cm³/mol. The molecule has 0 aliphatic rings. The first-order chi connectivity index (χ1) is 2.41. The van der Waals surface area contributed by atoms with Gasteiger partial charge < -0.3 is 0 Å². The first-order valence-corrected chi connectivity index (χ1v) is 2.81. The molecule has 1 unspecified atom stereocenters. The molecule has 0 aromatic rings. The third-order valence-electron chi connectivity index (χ3n) is 0.279. The fourth-order valence-electron chi connectivity index (χ4n) is 0.102. The van der Waals surface area contributed by atoms with Crippen LogP contribution >= 0.6 is 0 Å². The van der Waals surface area contributed by atoms with E-state index in [0.29, 0.717) is 0 Å². The van der Waals surface area contributed by atoms with Crippen molar-refractivity contribution in [3.8, 4) is 10.6 Å². The first-order valence-electron chi connectivity index (χ1n) is 1.60. The molecule has 0 aromatic carbocycles. The SMILES string of the molecule is CCC#C[AsH2]. The van der Waals surface area contributed by atoms with Gasteiger partial charge in [0.15, 0.2) is 0 Å². The minimum atomic E-state index is 0.998. The summed E-state index contributed by atoms with van der Waals surface area (Å²) < 4.78 is 2.83. The van der Waals surface area contributed by atoms with Crippen LogP contribution in [0.1, 0.15) is 13.3 Å². The molecule has 1 heteroatoms. The Hall–Kier alpha value is 0.118. The summed E-state index contributed by atoms with van der Waals surface area (Å²) >= 11 is 1.48. The molecule has 5 heavy (non-hydrogen) atoms. The van der Waals surface area contributed by atoms with E-state index < -0.39 is 0 Å². The second-order valence-corrected chi connectivity index (χ2v) is 1.28. The summed E-state index contributed by atoms with van der Waals surface area (Å²) in [5, 5.41) is 0. The van der Waals surface area contributed by atoms with Gasteiger partial charge in [-0.1, -0.05) is 0 Å². The summed E-state index contributed by atoms with van der Waals surface area (Å²) in [5.41, 5.74) is 0. The maximum atomic E-state index is 2.89. The molecule has 0 fully saturated rings. The van der Waals surface area contributed by atoms with Gasteiger partial charge in [-0.05, 0) is 0 Å². The number of hydrogen-bond donors (Lipinski definition) is 0. The molecule has 28 valence electrons. The van der Waals surface area contributed by atoms with E-state index in [4.69, 9.17) is 0 Å². The molecular formula is C4H7As. The van der Waals surface area contributed by atoms with Gasteiger partial charge in [0, 0.05) is 0 Å². The van der Waals surface area contributed by atoms with Crippen molar-refractivity contribution in [2.45, 2.75) is 13.3 Å². The second-order valence-electron chi connectivity index (χ2n) is 0.675. The van der Waals surface area contributed by atoms with Gasteiger partial charge in [-0.15, -0.1) is 0 Å². The predicted octanol–water partition coefficient (Wildman–Crippen LogP) is -0.00960. The molecule has 0 aromatic heterocycles. The molecule has 1 atom stereocenters. The number of rotatable bonds is 0. The normalized spacial score (nSPS) is 5.20. The summed E-state index contributed by atoms with van der Waals surface area (Å²) in [5.74, 6) is 2.89. The Bertz CT molecular complexity index is 55.8. The average molecular weight is 130 g/mol. The second kappa shape index (κ2) is 4.12. The van der Waals surface area contributed by atoms with E-state index in [0.717, 1.165) is 6.42 Å². The van der Waals surface area contributed by atoms with Gasteiger partial charge in [0.1, 0.15) is 0 Å². The van der Waals surface area contributed by atoms with Crippen molar-refractivity contribution < 1.29 is 0 Å². The van der Waals surface area contributed by atoms with E-state index in [9.17, 15) is 0 Å². The van der Waals surface area contributed by atoms with Crippen molar-refractivity contribution in [1.29, 1.82) is 0 Å². The summed E-state index contributed by atoms with van der Waals surface area (Å²) in [6.07, 6.45) is 0.998. The van der Waals surface area contributed by atoms with E-state index in [1.165, 1.54) is 16.9 Å². The van der Waals surface area contributed by atoms with Crippen molar-refractivity contribution in [2.24, 2.45) is 0 Å². The van der Waals surface area contributed by atoms with Crippen LogP contribution in [0.4, 0.5) is 0 Å². The topological polar surface area (TPSA) is 0 Å². The van der Waals surface area contributed by atoms with E-state index in [-0.39, 0.29) is 0 Å². The monoisotopic (exact) mass is 130 g/mol. The summed E-state index contributed by atoms with van der Waals surface area (Å²) in [7, 11) is 0. The molecule has 0 bridgehead atoms. The van der Waals surface area contributed by atoms with Gasteiger partial charge in [0.25, 0.3) is 0 Å². The molecule has 0 saturated carbocycles. The fraction of sp³-hybridized carbons (Fsp3) is 0.500. The molecule has 0 amide bonds. The van der Waals surface area contributed by atoms with E-state index in [2.05, 4.69) is 10.6 Å². The van der Waals surface area contributed by atoms with Crippen LogP contribution in [0.2, 0.25) is 0 Å².